The van der Waals surface area contributed by atoms with Gasteiger partial charge in [-0.2, -0.15) is 0 Å². The monoisotopic (exact) mass is 419 g/mol. The molecule has 2 N–H and O–H groups in total. The lowest BCUT2D eigenvalue weighted by Crippen LogP contribution is -2.37. The zero-order valence-corrected chi connectivity index (χ0v) is 17.0. The fourth-order valence-corrected chi connectivity index (χ4v) is 4.31. The standard InChI is InChI=1S/C19H26FN3O2.2ClH/c20-15-1-2-17(23-7-9-25-10-8-23)14(11-15)13-22-18(24)16-12-19(16)3-5-21-6-4-19;;/h1-2,11,16,21H,3-10,12-13H2,(H,22,24);2*1H. The lowest BCUT2D eigenvalue weighted by Gasteiger charge is -2.30. The van der Waals surface area contributed by atoms with E-state index in [0.717, 1.165) is 56.7 Å². The van der Waals surface area contributed by atoms with E-state index in [0.29, 0.717) is 19.8 Å². The number of halogens is 3. The molecule has 2 heterocycles. The summed E-state index contributed by atoms with van der Waals surface area (Å²) >= 11 is 0. The topological polar surface area (TPSA) is 53.6 Å². The van der Waals surface area contributed by atoms with Gasteiger partial charge in [0.2, 0.25) is 5.91 Å². The molecule has 1 atom stereocenters. The summed E-state index contributed by atoms with van der Waals surface area (Å²) in [6.07, 6.45) is 3.17. The molecule has 1 amide bonds. The number of hydrogen-bond acceptors (Lipinski definition) is 4. The number of benzene rings is 1. The molecule has 0 radical (unpaired) electrons. The Morgan fingerprint density at radius 1 is 1.26 bits per heavy atom. The van der Waals surface area contributed by atoms with Crippen molar-refractivity contribution in [3.8, 4) is 0 Å². The molecule has 1 saturated carbocycles. The minimum atomic E-state index is -0.262. The van der Waals surface area contributed by atoms with Crippen LogP contribution in [0.1, 0.15) is 24.8 Å². The van der Waals surface area contributed by atoms with E-state index < -0.39 is 0 Å². The van der Waals surface area contributed by atoms with Gasteiger partial charge >= 0.3 is 0 Å². The SMILES string of the molecule is Cl.Cl.O=C(NCc1cc(F)ccc1N1CCOCC1)C1CC12CCNCC2. The van der Waals surface area contributed by atoms with Crippen LogP contribution in [-0.2, 0) is 16.1 Å². The van der Waals surface area contributed by atoms with Crippen molar-refractivity contribution in [1.82, 2.24) is 10.6 Å². The lowest BCUT2D eigenvalue weighted by molar-refractivity contribution is -0.123. The van der Waals surface area contributed by atoms with Gasteiger partial charge in [-0.3, -0.25) is 4.79 Å². The van der Waals surface area contributed by atoms with Crippen molar-refractivity contribution in [3.05, 3.63) is 29.6 Å². The van der Waals surface area contributed by atoms with E-state index in [1.807, 2.05) is 6.07 Å². The Labute approximate surface area is 172 Å². The second-order valence-corrected chi connectivity index (χ2v) is 7.46. The summed E-state index contributed by atoms with van der Waals surface area (Å²) in [4.78, 5) is 14.8. The molecule has 3 fully saturated rings. The first kappa shape index (κ1) is 22.2. The average molecular weight is 420 g/mol. The van der Waals surface area contributed by atoms with Crippen LogP contribution in [0.3, 0.4) is 0 Å². The Balaban J connectivity index is 0.00000131. The maximum atomic E-state index is 13.7. The highest BCUT2D eigenvalue weighted by molar-refractivity contribution is 5.85. The van der Waals surface area contributed by atoms with Crippen molar-refractivity contribution in [2.24, 2.45) is 11.3 Å². The van der Waals surface area contributed by atoms with Gasteiger partial charge in [0.05, 0.1) is 13.2 Å². The van der Waals surface area contributed by atoms with Crippen molar-refractivity contribution in [3.63, 3.8) is 0 Å². The predicted octanol–water partition coefficient (Wildman–Crippen LogP) is 2.51. The number of ether oxygens (including phenoxy) is 1. The van der Waals surface area contributed by atoms with Gasteiger partial charge in [0.1, 0.15) is 5.82 Å². The highest BCUT2D eigenvalue weighted by Crippen LogP contribution is 2.58. The van der Waals surface area contributed by atoms with E-state index in [4.69, 9.17) is 4.74 Å². The maximum Gasteiger partial charge on any atom is 0.223 e. The van der Waals surface area contributed by atoms with E-state index in [2.05, 4.69) is 15.5 Å². The highest BCUT2D eigenvalue weighted by atomic mass is 35.5. The summed E-state index contributed by atoms with van der Waals surface area (Å²) in [6, 6.07) is 4.84. The molecule has 27 heavy (non-hydrogen) atoms. The molecular weight excluding hydrogens is 392 g/mol. The van der Waals surface area contributed by atoms with E-state index in [1.54, 1.807) is 0 Å². The summed E-state index contributed by atoms with van der Waals surface area (Å²) in [5, 5.41) is 6.41. The predicted molar refractivity (Wildman–Crippen MR) is 108 cm³/mol. The van der Waals surface area contributed by atoms with Gasteiger partial charge in [-0.1, -0.05) is 0 Å². The van der Waals surface area contributed by atoms with Gasteiger partial charge in [-0.15, -0.1) is 24.8 Å². The zero-order valence-electron chi connectivity index (χ0n) is 15.3. The Bertz CT molecular complexity index is 650. The molecule has 2 saturated heterocycles. The Kier molecular flexibility index (Phi) is 7.74. The van der Waals surface area contributed by atoms with Gasteiger partial charge in [-0.25, -0.2) is 4.39 Å². The van der Waals surface area contributed by atoms with Gasteiger partial charge in [0, 0.05) is 31.2 Å². The first-order valence-electron chi connectivity index (χ1n) is 9.28. The quantitative estimate of drug-likeness (QED) is 0.786. The number of morpholine rings is 1. The van der Waals surface area contributed by atoms with Crippen LogP contribution in [0.25, 0.3) is 0 Å². The third-order valence-electron chi connectivity index (χ3n) is 5.95. The Morgan fingerprint density at radius 3 is 2.67 bits per heavy atom. The molecular formula is C19H28Cl2FN3O2. The zero-order chi connectivity index (χ0) is 17.3. The van der Waals surface area contributed by atoms with Crippen LogP contribution < -0.4 is 15.5 Å². The summed E-state index contributed by atoms with van der Waals surface area (Å²) in [5.41, 5.74) is 2.07. The van der Waals surface area contributed by atoms with Crippen LogP contribution in [0.2, 0.25) is 0 Å². The molecule has 8 heteroatoms. The Hall–Kier alpha value is -1.08. The third-order valence-corrected chi connectivity index (χ3v) is 5.95. The average Bonchev–Trinajstić information content (AvgIpc) is 3.34. The van der Waals surface area contributed by atoms with Crippen LogP contribution in [-0.4, -0.2) is 45.3 Å². The number of nitrogens with one attached hydrogen (secondary N) is 2. The molecule has 1 spiro atoms. The lowest BCUT2D eigenvalue weighted by atomic mass is 9.92. The highest BCUT2D eigenvalue weighted by Gasteiger charge is 2.57. The number of rotatable bonds is 4. The number of anilines is 1. The summed E-state index contributed by atoms with van der Waals surface area (Å²) in [5.74, 6) is -0.00316. The van der Waals surface area contributed by atoms with Gasteiger partial charge < -0.3 is 20.3 Å². The molecule has 1 aromatic rings. The fraction of sp³-hybridized carbons (Fsp3) is 0.632. The van der Waals surface area contributed by atoms with Crippen LogP contribution in [0.4, 0.5) is 10.1 Å². The van der Waals surface area contributed by atoms with E-state index >= 15 is 0 Å². The number of nitrogens with zero attached hydrogens (tertiary/aromatic N) is 1. The van der Waals surface area contributed by atoms with Gasteiger partial charge in [0.25, 0.3) is 0 Å². The number of carbonyl (C=O) groups excluding carboxylic acids is 1. The van der Waals surface area contributed by atoms with Crippen molar-refractivity contribution < 1.29 is 13.9 Å². The Morgan fingerprint density at radius 2 is 1.96 bits per heavy atom. The number of carbonyl (C=O) groups is 1. The van der Waals surface area contributed by atoms with Crippen molar-refractivity contribution in [2.75, 3.05) is 44.3 Å². The van der Waals surface area contributed by atoms with E-state index in [1.165, 1.54) is 12.1 Å². The molecule has 1 aromatic carbocycles. The summed E-state index contributed by atoms with van der Waals surface area (Å²) < 4.78 is 19.1. The molecule has 1 unspecified atom stereocenters. The largest absolute Gasteiger partial charge is 0.378 e. The van der Waals surface area contributed by atoms with Crippen LogP contribution in [0.15, 0.2) is 18.2 Å². The van der Waals surface area contributed by atoms with Crippen LogP contribution >= 0.6 is 24.8 Å². The molecule has 2 aliphatic heterocycles. The first-order chi connectivity index (χ1) is 12.2. The third kappa shape index (κ3) is 4.86. The summed E-state index contributed by atoms with van der Waals surface area (Å²) in [6.45, 7) is 5.36. The molecule has 0 bridgehead atoms. The minimum absolute atomic E-state index is 0. The number of hydrogen-bond donors (Lipinski definition) is 2. The molecule has 3 aliphatic rings. The van der Waals surface area contributed by atoms with Gasteiger partial charge in [-0.05, 0) is 61.5 Å². The van der Waals surface area contributed by atoms with E-state index in [9.17, 15) is 9.18 Å². The molecule has 0 aromatic heterocycles. The molecule has 152 valence electrons. The second kappa shape index (κ2) is 9.41. The first-order valence-corrected chi connectivity index (χ1v) is 9.28. The van der Waals surface area contributed by atoms with Crippen molar-refractivity contribution in [2.45, 2.75) is 25.8 Å². The number of amides is 1. The molecule has 4 rings (SSSR count). The smallest absolute Gasteiger partial charge is 0.223 e. The van der Waals surface area contributed by atoms with Crippen molar-refractivity contribution >= 4 is 36.4 Å². The van der Waals surface area contributed by atoms with Crippen LogP contribution in [0.5, 0.6) is 0 Å². The normalized spacial score (nSPS) is 23.1. The minimum Gasteiger partial charge on any atom is -0.378 e. The van der Waals surface area contributed by atoms with E-state index in [-0.39, 0.29) is 47.9 Å². The van der Waals surface area contributed by atoms with Crippen molar-refractivity contribution in [1.29, 1.82) is 0 Å². The molecule has 1 aliphatic carbocycles. The molecule has 5 nitrogen and oxygen atoms in total. The second-order valence-electron chi connectivity index (χ2n) is 7.46. The maximum absolute atomic E-state index is 13.7. The number of piperidine rings is 1. The van der Waals surface area contributed by atoms with Crippen LogP contribution in [0, 0.1) is 17.2 Å². The summed E-state index contributed by atoms with van der Waals surface area (Å²) in [7, 11) is 0. The fourth-order valence-electron chi connectivity index (χ4n) is 4.31. The van der Waals surface area contributed by atoms with Gasteiger partial charge in [0.15, 0.2) is 0 Å².